The molecule has 9 heteroatoms. The highest BCUT2D eigenvalue weighted by molar-refractivity contribution is 6.45. The van der Waals surface area contributed by atoms with Crippen molar-refractivity contribution in [2.45, 2.75) is 6.36 Å². The number of alkyl halides is 3. The Morgan fingerprint density at radius 2 is 1.55 bits per heavy atom. The summed E-state index contributed by atoms with van der Waals surface area (Å²) in [5.41, 5.74) is 1.12. The molecule has 0 spiro atoms. The van der Waals surface area contributed by atoms with Crippen LogP contribution in [0.3, 0.4) is 0 Å². The van der Waals surface area contributed by atoms with E-state index in [0.29, 0.717) is 18.7 Å². The number of hydrogen-bond donors (Lipinski definition) is 0. The Morgan fingerprint density at radius 1 is 0.871 bits per heavy atom. The molecule has 0 aliphatic carbocycles. The number of likely N-dealkylation sites (N-methyl/N-ethyl adjacent to an activating group) is 1. The number of imide groups is 1. The summed E-state index contributed by atoms with van der Waals surface area (Å²) in [5, 5.41) is 0. The first-order valence-electron chi connectivity index (χ1n) is 9.72. The predicted octanol–water partition coefficient (Wildman–Crippen LogP) is 3.12. The maximum Gasteiger partial charge on any atom is 0.573 e. The number of benzene rings is 2. The third-order valence-corrected chi connectivity index (χ3v) is 5.25. The van der Waals surface area contributed by atoms with Crippen LogP contribution in [0.1, 0.15) is 5.56 Å². The molecule has 0 radical (unpaired) electrons. The summed E-state index contributed by atoms with van der Waals surface area (Å²) in [6.07, 6.45) is -4.88. The Balaban J connectivity index is 1.74. The van der Waals surface area contributed by atoms with E-state index in [4.69, 9.17) is 0 Å². The lowest BCUT2D eigenvalue weighted by Crippen LogP contribution is -2.46. The molecule has 2 heterocycles. The molecular formula is C22H20F3N3O3. The topological polar surface area (TPSA) is 53.1 Å². The molecule has 31 heavy (non-hydrogen) atoms. The van der Waals surface area contributed by atoms with Gasteiger partial charge in [0, 0.05) is 32.2 Å². The highest BCUT2D eigenvalue weighted by Crippen LogP contribution is 2.36. The normalized spacial score (nSPS) is 18.2. The number of ether oxygens (including phenoxy) is 1. The number of hydrogen-bond acceptors (Lipinski definition) is 5. The molecule has 2 aromatic carbocycles. The van der Waals surface area contributed by atoms with Gasteiger partial charge in [0.25, 0.3) is 11.8 Å². The van der Waals surface area contributed by atoms with Crippen LogP contribution in [0.4, 0.5) is 18.9 Å². The molecule has 2 amide bonds. The summed E-state index contributed by atoms with van der Waals surface area (Å²) in [4.78, 5) is 31.7. The molecule has 6 nitrogen and oxygen atoms in total. The summed E-state index contributed by atoms with van der Waals surface area (Å²) in [7, 11) is 1.98. The van der Waals surface area contributed by atoms with Crippen molar-refractivity contribution in [1.82, 2.24) is 9.80 Å². The summed E-state index contributed by atoms with van der Waals surface area (Å²) < 4.78 is 41.9. The van der Waals surface area contributed by atoms with Gasteiger partial charge < -0.3 is 14.5 Å². The molecule has 1 saturated heterocycles. The van der Waals surface area contributed by atoms with Crippen molar-refractivity contribution >= 4 is 23.1 Å². The summed E-state index contributed by atoms with van der Waals surface area (Å²) >= 11 is 0. The lowest BCUT2D eigenvalue weighted by molar-refractivity contribution is -0.274. The highest BCUT2D eigenvalue weighted by atomic mass is 19.4. The summed E-state index contributed by atoms with van der Waals surface area (Å²) in [6, 6.07) is 13.7. The van der Waals surface area contributed by atoms with Crippen molar-refractivity contribution < 1.29 is 27.5 Å². The van der Waals surface area contributed by atoms with E-state index in [9.17, 15) is 22.8 Å². The highest BCUT2D eigenvalue weighted by Gasteiger charge is 2.43. The van der Waals surface area contributed by atoms with E-state index in [1.54, 1.807) is 30.3 Å². The Labute approximate surface area is 177 Å². The molecule has 0 N–H and O–H groups in total. The number of rotatable bonds is 4. The second kappa shape index (κ2) is 8.07. The molecule has 2 aliphatic rings. The summed E-state index contributed by atoms with van der Waals surface area (Å²) in [5.74, 6) is -1.63. The molecule has 1 fully saturated rings. The fourth-order valence-electron chi connectivity index (χ4n) is 3.76. The number of carbonyl (C=O) groups is 2. The molecule has 0 unspecified atom stereocenters. The average Bonchev–Trinajstić information content (AvgIpc) is 2.98. The van der Waals surface area contributed by atoms with Crippen LogP contribution >= 0.6 is 0 Å². The fraction of sp³-hybridized carbons (Fsp3) is 0.273. The SMILES string of the molecule is CN1CCN(C2=C(c3ccccc3)C(=O)N(c3cccc(OC(F)(F)F)c3)C2=O)CC1. The van der Waals surface area contributed by atoms with E-state index in [0.717, 1.165) is 30.1 Å². The van der Waals surface area contributed by atoms with Gasteiger partial charge in [-0.25, -0.2) is 4.90 Å². The largest absolute Gasteiger partial charge is 0.573 e. The molecule has 2 aromatic rings. The summed E-state index contributed by atoms with van der Waals surface area (Å²) in [6.45, 7) is 2.57. The molecule has 4 rings (SSSR count). The first kappa shape index (κ1) is 20.9. The van der Waals surface area contributed by atoms with Gasteiger partial charge in [-0.05, 0) is 24.7 Å². The van der Waals surface area contributed by atoms with Crippen molar-refractivity contribution in [2.75, 3.05) is 38.1 Å². The second-order valence-electron chi connectivity index (χ2n) is 7.37. The zero-order valence-corrected chi connectivity index (χ0v) is 16.7. The van der Waals surface area contributed by atoms with Gasteiger partial charge >= 0.3 is 6.36 Å². The van der Waals surface area contributed by atoms with Crippen LogP contribution in [0.25, 0.3) is 5.57 Å². The molecule has 0 saturated carbocycles. The second-order valence-corrected chi connectivity index (χ2v) is 7.37. The predicted molar refractivity (Wildman–Crippen MR) is 108 cm³/mol. The van der Waals surface area contributed by atoms with Gasteiger partial charge in [-0.2, -0.15) is 0 Å². The van der Waals surface area contributed by atoms with Crippen LogP contribution in [0.2, 0.25) is 0 Å². The monoisotopic (exact) mass is 431 g/mol. The molecular weight excluding hydrogens is 411 g/mol. The first-order chi connectivity index (χ1) is 14.7. The number of carbonyl (C=O) groups excluding carboxylic acids is 2. The van der Waals surface area contributed by atoms with Crippen molar-refractivity contribution in [3.8, 4) is 5.75 Å². The third-order valence-electron chi connectivity index (χ3n) is 5.25. The van der Waals surface area contributed by atoms with E-state index in [1.807, 2.05) is 11.9 Å². The smallest absolute Gasteiger partial charge is 0.406 e. The Bertz CT molecular complexity index is 1030. The lowest BCUT2D eigenvalue weighted by Gasteiger charge is -2.34. The van der Waals surface area contributed by atoms with Crippen molar-refractivity contribution in [2.24, 2.45) is 0 Å². The Hall–Kier alpha value is -3.33. The number of anilines is 1. The zero-order valence-electron chi connectivity index (χ0n) is 16.7. The van der Waals surface area contributed by atoms with Gasteiger partial charge in [-0.3, -0.25) is 9.59 Å². The van der Waals surface area contributed by atoms with Crippen LogP contribution in [-0.4, -0.2) is 61.2 Å². The number of piperazine rings is 1. The fourth-order valence-corrected chi connectivity index (χ4v) is 3.76. The van der Waals surface area contributed by atoms with Gasteiger partial charge in [-0.15, -0.1) is 13.2 Å². The van der Waals surface area contributed by atoms with E-state index in [1.165, 1.54) is 12.1 Å². The van der Waals surface area contributed by atoms with E-state index >= 15 is 0 Å². The number of nitrogens with zero attached hydrogens (tertiary/aromatic N) is 3. The van der Waals surface area contributed by atoms with E-state index in [-0.39, 0.29) is 17.0 Å². The standard InChI is InChI=1S/C22H20F3N3O3/c1-26-10-12-27(13-11-26)19-18(15-6-3-2-4-7-15)20(29)28(21(19)30)16-8-5-9-17(14-16)31-22(23,24)25/h2-9,14H,10-13H2,1H3. The van der Waals surface area contributed by atoms with Crippen LogP contribution in [0.15, 0.2) is 60.3 Å². The van der Waals surface area contributed by atoms with Crippen molar-refractivity contribution in [3.63, 3.8) is 0 Å². The Morgan fingerprint density at radius 3 is 2.19 bits per heavy atom. The molecule has 0 bridgehead atoms. The van der Waals surface area contributed by atoms with Crippen LogP contribution in [0, 0.1) is 0 Å². The minimum Gasteiger partial charge on any atom is -0.406 e. The zero-order chi connectivity index (χ0) is 22.2. The van der Waals surface area contributed by atoms with E-state index < -0.39 is 23.9 Å². The lowest BCUT2D eigenvalue weighted by atomic mass is 10.0. The van der Waals surface area contributed by atoms with Gasteiger partial charge in [0.05, 0.1) is 11.3 Å². The van der Waals surface area contributed by atoms with Crippen LogP contribution in [0.5, 0.6) is 5.75 Å². The van der Waals surface area contributed by atoms with Crippen LogP contribution < -0.4 is 9.64 Å². The maximum atomic E-state index is 13.4. The maximum absolute atomic E-state index is 13.4. The van der Waals surface area contributed by atoms with Gasteiger partial charge in [0.2, 0.25) is 0 Å². The van der Waals surface area contributed by atoms with Gasteiger partial charge in [0.1, 0.15) is 11.4 Å². The molecule has 0 atom stereocenters. The number of amides is 2. The van der Waals surface area contributed by atoms with Gasteiger partial charge in [-0.1, -0.05) is 36.4 Å². The quantitative estimate of drug-likeness (QED) is 0.697. The molecule has 2 aliphatic heterocycles. The molecule has 0 aromatic heterocycles. The van der Waals surface area contributed by atoms with E-state index in [2.05, 4.69) is 9.64 Å². The molecule has 162 valence electrons. The van der Waals surface area contributed by atoms with Crippen molar-refractivity contribution in [3.05, 3.63) is 65.9 Å². The first-order valence-corrected chi connectivity index (χ1v) is 9.72. The third kappa shape index (κ3) is 4.27. The van der Waals surface area contributed by atoms with Gasteiger partial charge in [0.15, 0.2) is 0 Å². The minimum atomic E-state index is -4.88. The van der Waals surface area contributed by atoms with Crippen molar-refractivity contribution in [1.29, 1.82) is 0 Å². The Kier molecular flexibility index (Phi) is 5.45. The average molecular weight is 431 g/mol. The number of halogens is 3. The minimum absolute atomic E-state index is 0.0225. The van der Waals surface area contributed by atoms with Crippen LogP contribution in [-0.2, 0) is 9.59 Å².